The number of hydrogen-bond acceptors (Lipinski definition) is 1. The third-order valence-corrected chi connectivity index (χ3v) is 2.19. The summed E-state index contributed by atoms with van der Waals surface area (Å²) < 4.78 is 0. The predicted molar refractivity (Wildman–Crippen MR) is 47.9 cm³/mol. The summed E-state index contributed by atoms with van der Waals surface area (Å²) >= 11 is 0. The molecule has 2 heteroatoms. The van der Waals surface area contributed by atoms with E-state index in [0.717, 1.165) is 19.3 Å². The van der Waals surface area contributed by atoms with Gasteiger partial charge in [0.15, 0.2) is 0 Å². The van der Waals surface area contributed by atoms with Crippen molar-refractivity contribution in [2.45, 2.75) is 26.2 Å². The Bertz CT molecular complexity index is 226. The van der Waals surface area contributed by atoms with Gasteiger partial charge in [0.1, 0.15) is 0 Å². The molecule has 0 radical (unpaired) electrons. The molecule has 2 nitrogen and oxygen atoms in total. The fraction of sp³-hybridized carbons (Fsp3) is 0.500. The van der Waals surface area contributed by atoms with Gasteiger partial charge < -0.3 is 5.11 Å². The van der Waals surface area contributed by atoms with E-state index in [1.54, 1.807) is 6.08 Å². The Labute approximate surface area is 72.6 Å². The molecule has 0 bridgehead atoms. The molecule has 0 saturated carbocycles. The number of carboxylic acid groups (broad SMARTS) is 1. The molecule has 1 N–H and O–H groups in total. The predicted octanol–water partition coefficient (Wildman–Crippen LogP) is 2.37. The summed E-state index contributed by atoms with van der Waals surface area (Å²) in [6.45, 7) is 2.12. The van der Waals surface area contributed by atoms with Crippen LogP contribution in [0.2, 0.25) is 0 Å². The Morgan fingerprint density at radius 1 is 1.75 bits per heavy atom. The Kier molecular flexibility index (Phi) is 3.09. The highest BCUT2D eigenvalue weighted by molar-refractivity contribution is 5.79. The van der Waals surface area contributed by atoms with Gasteiger partial charge in [0.05, 0.1) is 0 Å². The Hall–Kier alpha value is -1.05. The van der Waals surface area contributed by atoms with E-state index in [2.05, 4.69) is 13.0 Å². The molecule has 12 heavy (non-hydrogen) atoms. The van der Waals surface area contributed by atoms with Crippen molar-refractivity contribution >= 4 is 5.97 Å². The molecule has 0 spiro atoms. The third kappa shape index (κ3) is 2.91. The lowest BCUT2D eigenvalue weighted by Gasteiger charge is -2.16. The average Bonchev–Trinajstić information content (AvgIpc) is 2.03. The number of aliphatic carboxylic acids is 1. The van der Waals surface area contributed by atoms with Gasteiger partial charge in [0.25, 0.3) is 0 Å². The molecule has 1 atom stereocenters. The van der Waals surface area contributed by atoms with Crippen LogP contribution in [0.15, 0.2) is 23.8 Å². The molecule has 0 saturated heterocycles. The summed E-state index contributed by atoms with van der Waals surface area (Å²) in [6, 6.07) is 0. The molecule has 1 unspecified atom stereocenters. The average molecular weight is 166 g/mol. The maximum Gasteiger partial charge on any atom is 0.327 e. The van der Waals surface area contributed by atoms with Crippen LogP contribution in [0.3, 0.4) is 0 Å². The van der Waals surface area contributed by atoms with Gasteiger partial charge in [-0.3, -0.25) is 0 Å². The first-order valence-corrected chi connectivity index (χ1v) is 4.25. The van der Waals surface area contributed by atoms with E-state index in [1.165, 1.54) is 11.6 Å². The topological polar surface area (TPSA) is 37.3 Å². The van der Waals surface area contributed by atoms with E-state index in [9.17, 15) is 4.79 Å². The highest BCUT2D eigenvalue weighted by Crippen LogP contribution is 2.23. The van der Waals surface area contributed by atoms with Crippen LogP contribution < -0.4 is 0 Å². The van der Waals surface area contributed by atoms with Crippen molar-refractivity contribution in [1.82, 2.24) is 0 Å². The fourth-order valence-corrected chi connectivity index (χ4v) is 1.38. The second-order valence-corrected chi connectivity index (χ2v) is 3.28. The molecule has 0 amide bonds. The van der Waals surface area contributed by atoms with Crippen molar-refractivity contribution < 1.29 is 9.90 Å². The van der Waals surface area contributed by atoms with E-state index < -0.39 is 5.97 Å². The molecule has 0 aromatic rings. The van der Waals surface area contributed by atoms with Gasteiger partial charge in [-0.15, -0.1) is 0 Å². The zero-order valence-electron chi connectivity index (χ0n) is 7.29. The van der Waals surface area contributed by atoms with E-state index in [-0.39, 0.29) is 0 Å². The molecule has 0 fully saturated rings. The van der Waals surface area contributed by atoms with E-state index in [4.69, 9.17) is 5.11 Å². The summed E-state index contributed by atoms with van der Waals surface area (Å²) in [4.78, 5) is 10.2. The van der Waals surface area contributed by atoms with Gasteiger partial charge >= 0.3 is 5.97 Å². The minimum atomic E-state index is -0.846. The summed E-state index contributed by atoms with van der Waals surface area (Å²) in [7, 11) is 0. The third-order valence-electron chi connectivity index (χ3n) is 2.19. The number of allylic oxidation sites excluding steroid dienone is 3. The second-order valence-electron chi connectivity index (χ2n) is 3.28. The molecule has 66 valence electrons. The summed E-state index contributed by atoms with van der Waals surface area (Å²) in [5, 5.41) is 8.39. The van der Waals surface area contributed by atoms with Crippen LogP contribution in [0.25, 0.3) is 0 Å². The van der Waals surface area contributed by atoms with Crippen molar-refractivity contribution in [1.29, 1.82) is 0 Å². The van der Waals surface area contributed by atoms with Gasteiger partial charge in [-0.05, 0) is 32.1 Å². The van der Waals surface area contributed by atoms with E-state index >= 15 is 0 Å². The van der Waals surface area contributed by atoms with Crippen molar-refractivity contribution in [3.05, 3.63) is 23.8 Å². The molecule has 1 aliphatic rings. The summed E-state index contributed by atoms with van der Waals surface area (Å²) in [5.74, 6) is -0.411. The monoisotopic (exact) mass is 166 g/mol. The minimum absolute atomic E-state index is 0.435. The number of rotatable bonds is 2. The number of carboxylic acids is 1. The van der Waals surface area contributed by atoms with Crippen LogP contribution in [0, 0.1) is 5.92 Å². The molecule has 0 aliphatic heterocycles. The maximum atomic E-state index is 10.2. The zero-order chi connectivity index (χ0) is 8.97. The Balaban J connectivity index is 2.42. The van der Waals surface area contributed by atoms with Crippen LogP contribution in [0.1, 0.15) is 26.2 Å². The fourth-order valence-electron chi connectivity index (χ4n) is 1.38. The maximum absolute atomic E-state index is 10.2. The van der Waals surface area contributed by atoms with Gasteiger partial charge in [-0.2, -0.15) is 0 Å². The quantitative estimate of drug-likeness (QED) is 0.505. The SMILES string of the molecule is CC1=CCC(/C=C\C(=O)O)CC1. The number of hydrogen-bond donors (Lipinski definition) is 1. The van der Waals surface area contributed by atoms with Crippen molar-refractivity contribution in [2.24, 2.45) is 5.92 Å². The van der Waals surface area contributed by atoms with Gasteiger partial charge in [-0.25, -0.2) is 4.79 Å². The smallest absolute Gasteiger partial charge is 0.327 e. The lowest BCUT2D eigenvalue weighted by atomic mass is 9.90. The van der Waals surface area contributed by atoms with Crippen molar-refractivity contribution in [2.75, 3.05) is 0 Å². The van der Waals surface area contributed by atoms with Gasteiger partial charge in [-0.1, -0.05) is 17.7 Å². The van der Waals surface area contributed by atoms with Crippen molar-refractivity contribution in [3.8, 4) is 0 Å². The Morgan fingerprint density at radius 2 is 2.50 bits per heavy atom. The van der Waals surface area contributed by atoms with E-state index in [0.29, 0.717) is 5.92 Å². The van der Waals surface area contributed by atoms with Crippen LogP contribution >= 0.6 is 0 Å². The summed E-state index contributed by atoms with van der Waals surface area (Å²) in [6.07, 6.45) is 8.43. The lowest BCUT2D eigenvalue weighted by molar-refractivity contribution is -0.131. The van der Waals surface area contributed by atoms with Crippen molar-refractivity contribution in [3.63, 3.8) is 0 Å². The Morgan fingerprint density at radius 3 is 3.00 bits per heavy atom. The number of carbonyl (C=O) groups is 1. The molecule has 0 aromatic carbocycles. The van der Waals surface area contributed by atoms with E-state index in [1.807, 2.05) is 0 Å². The van der Waals surface area contributed by atoms with Crippen LogP contribution in [0.4, 0.5) is 0 Å². The standard InChI is InChI=1S/C10H14O2/c1-8-2-4-9(5-3-8)6-7-10(11)12/h2,6-7,9H,3-5H2,1H3,(H,11,12)/b7-6-. The van der Waals surface area contributed by atoms with Crippen LogP contribution in [-0.4, -0.2) is 11.1 Å². The second kappa shape index (κ2) is 4.10. The molecular weight excluding hydrogens is 152 g/mol. The molecule has 0 aromatic heterocycles. The zero-order valence-corrected chi connectivity index (χ0v) is 7.29. The largest absolute Gasteiger partial charge is 0.478 e. The normalized spacial score (nSPS) is 24.1. The van der Waals surface area contributed by atoms with Crippen LogP contribution in [-0.2, 0) is 4.79 Å². The van der Waals surface area contributed by atoms with Gasteiger partial charge in [0.2, 0.25) is 0 Å². The first-order valence-electron chi connectivity index (χ1n) is 4.25. The first kappa shape index (κ1) is 9.04. The highest BCUT2D eigenvalue weighted by Gasteiger charge is 2.08. The molecule has 0 heterocycles. The highest BCUT2D eigenvalue weighted by atomic mass is 16.4. The molecule has 1 aliphatic carbocycles. The lowest BCUT2D eigenvalue weighted by Crippen LogP contribution is -2.02. The summed E-state index contributed by atoms with van der Waals surface area (Å²) in [5.41, 5.74) is 1.43. The molecule has 1 rings (SSSR count). The minimum Gasteiger partial charge on any atom is -0.478 e. The van der Waals surface area contributed by atoms with Crippen LogP contribution in [0.5, 0.6) is 0 Å². The first-order chi connectivity index (χ1) is 5.68. The molecular formula is C10H14O2. The van der Waals surface area contributed by atoms with Gasteiger partial charge in [0, 0.05) is 6.08 Å².